The molecule has 0 fully saturated rings. The van der Waals surface area contributed by atoms with Gasteiger partial charge in [0.25, 0.3) is 0 Å². The molecule has 0 spiro atoms. The SMILES string of the molecule is C=CCN(Cc1ccccc1)C(=O)/C=C\c1ccc(F)cc1. The summed E-state index contributed by atoms with van der Waals surface area (Å²) in [5.41, 5.74) is 1.85. The molecule has 0 unspecified atom stereocenters. The number of hydrogen-bond acceptors (Lipinski definition) is 1. The van der Waals surface area contributed by atoms with Crippen molar-refractivity contribution in [2.24, 2.45) is 0 Å². The number of amides is 1. The molecule has 0 atom stereocenters. The molecule has 0 aliphatic carbocycles. The number of halogens is 1. The largest absolute Gasteiger partial charge is 0.331 e. The Labute approximate surface area is 130 Å². The summed E-state index contributed by atoms with van der Waals surface area (Å²) in [5, 5.41) is 0. The molecule has 112 valence electrons. The molecule has 0 aliphatic rings. The van der Waals surface area contributed by atoms with Crippen molar-refractivity contribution in [1.29, 1.82) is 0 Å². The Bertz CT molecular complexity index is 647. The lowest BCUT2D eigenvalue weighted by Crippen LogP contribution is -2.29. The summed E-state index contributed by atoms with van der Waals surface area (Å²) in [6.07, 6.45) is 4.88. The molecule has 0 saturated carbocycles. The van der Waals surface area contributed by atoms with E-state index in [2.05, 4.69) is 6.58 Å². The molecular weight excluding hydrogens is 277 g/mol. The molecule has 1 amide bonds. The molecular formula is C19H18FNO. The van der Waals surface area contributed by atoms with E-state index in [4.69, 9.17) is 0 Å². The van der Waals surface area contributed by atoms with E-state index in [1.54, 1.807) is 29.2 Å². The van der Waals surface area contributed by atoms with Crippen molar-refractivity contribution >= 4 is 12.0 Å². The third kappa shape index (κ3) is 4.70. The van der Waals surface area contributed by atoms with Gasteiger partial charge in [-0.1, -0.05) is 48.5 Å². The second kappa shape index (κ2) is 7.93. The van der Waals surface area contributed by atoms with Crippen LogP contribution in [0.4, 0.5) is 4.39 Å². The lowest BCUT2D eigenvalue weighted by Gasteiger charge is -2.19. The highest BCUT2D eigenvalue weighted by Crippen LogP contribution is 2.08. The Morgan fingerprint density at radius 1 is 1.09 bits per heavy atom. The van der Waals surface area contributed by atoms with Gasteiger partial charge in [0.15, 0.2) is 0 Å². The number of carbonyl (C=O) groups is 1. The molecule has 3 heteroatoms. The Hall–Kier alpha value is -2.68. The molecule has 0 bridgehead atoms. The van der Waals surface area contributed by atoms with Crippen molar-refractivity contribution in [1.82, 2.24) is 4.90 Å². The summed E-state index contributed by atoms with van der Waals surface area (Å²) in [6.45, 7) is 4.69. The van der Waals surface area contributed by atoms with Crippen molar-refractivity contribution in [2.75, 3.05) is 6.54 Å². The van der Waals surface area contributed by atoms with Crippen LogP contribution in [0.25, 0.3) is 6.08 Å². The summed E-state index contributed by atoms with van der Waals surface area (Å²) in [5.74, 6) is -0.395. The van der Waals surface area contributed by atoms with Crippen LogP contribution >= 0.6 is 0 Å². The van der Waals surface area contributed by atoms with Crippen LogP contribution in [0.2, 0.25) is 0 Å². The van der Waals surface area contributed by atoms with Crippen LogP contribution in [0.5, 0.6) is 0 Å². The first-order valence-electron chi connectivity index (χ1n) is 7.06. The summed E-state index contributed by atoms with van der Waals surface area (Å²) < 4.78 is 12.8. The fourth-order valence-corrected chi connectivity index (χ4v) is 2.04. The van der Waals surface area contributed by atoms with Crippen LogP contribution < -0.4 is 0 Å². The van der Waals surface area contributed by atoms with E-state index in [-0.39, 0.29) is 11.7 Å². The van der Waals surface area contributed by atoms with Gasteiger partial charge in [-0.15, -0.1) is 6.58 Å². The number of hydrogen-bond donors (Lipinski definition) is 0. The van der Waals surface area contributed by atoms with E-state index in [1.165, 1.54) is 18.2 Å². The maximum atomic E-state index is 12.8. The predicted octanol–water partition coefficient (Wildman–Crippen LogP) is 4.05. The summed E-state index contributed by atoms with van der Waals surface area (Å²) in [6, 6.07) is 15.8. The van der Waals surface area contributed by atoms with Gasteiger partial charge in [0.1, 0.15) is 5.82 Å². The van der Waals surface area contributed by atoms with Gasteiger partial charge in [0, 0.05) is 19.2 Å². The molecule has 0 N–H and O–H groups in total. The fraction of sp³-hybridized carbons (Fsp3) is 0.105. The highest BCUT2D eigenvalue weighted by molar-refractivity contribution is 5.91. The zero-order chi connectivity index (χ0) is 15.8. The third-order valence-electron chi connectivity index (χ3n) is 3.17. The van der Waals surface area contributed by atoms with Crippen molar-refractivity contribution < 1.29 is 9.18 Å². The number of benzene rings is 2. The van der Waals surface area contributed by atoms with Crippen LogP contribution in [-0.4, -0.2) is 17.4 Å². The molecule has 22 heavy (non-hydrogen) atoms. The highest BCUT2D eigenvalue weighted by atomic mass is 19.1. The highest BCUT2D eigenvalue weighted by Gasteiger charge is 2.09. The number of nitrogens with zero attached hydrogens (tertiary/aromatic N) is 1. The lowest BCUT2D eigenvalue weighted by atomic mass is 10.2. The van der Waals surface area contributed by atoms with Crippen molar-refractivity contribution in [3.8, 4) is 0 Å². The van der Waals surface area contributed by atoms with Gasteiger partial charge in [-0.2, -0.15) is 0 Å². The normalized spacial score (nSPS) is 10.6. The fourth-order valence-electron chi connectivity index (χ4n) is 2.04. The van der Waals surface area contributed by atoms with Gasteiger partial charge in [-0.25, -0.2) is 4.39 Å². The molecule has 2 aromatic carbocycles. The second-order valence-corrected chi connectivity index (χ2v) is 4.88. The molecule has 0 aromatic heterocycles. The topological polar surface area (TPSA) is 20.3 Å². The van der Waals surface area contributed by atoms with Crippen LogP contribution in [0.1, 0.15) is 11.1 Å². The first-order valence-corrected chi connectivity index (χ1v) is 7.06. The summed E-state index contributed by atoms with van der Waals surface area (Å²) >= 11 is 0. The third-order valence-corrected chi connectivity index (χ3v) is 3.17. The zero-order valence-electron chi connectivity index (χ0n) is 12.3. The number of rotatable bonds is 6. The maximum absolute atomic E-state index is 12.8. The van der Waals surface area contributed by atoms with Crippen LogP contribution in [-0.2, 0) is 11.3 Å². The van der Waals surface area contributed by atoms with Crippen molar-refractivity contribution in [2.45, 2.75) is 6.54 Å². The Morgan fingerprint density at radius 2 is 1.77 bits per heavy atom. The van der Waals surface area contributed by atoms with E-state index in [9.17, 15) is 9.18 Å². The van der Waals surface area contributed by atoms with E-state index < -0.39 is 0 Å². The quantitative estimate of drug-likeness (QED) is 0.581. The smallest absolute Gasteiger partial charge is 0.247 e. The molecule has 2 aromatic rings. The minimum absolute atomic E-state index is 0.104. The Morgan fingerprint density at radius 3 is 2.41 bits per heavy atom. The Kier molecular flexibility index (Phi) is 5.66. The van der Waals surface area contributed by atoms with Crippen molar-refractivity contribution in [3.05, 3.63) is 90.3 Å². The lowest BCUT2D eigenvalue weighted by molar-refractivity contribution is -0.126. The molecule has 0 saturated heterocycles. The Balaban J connectivity index is 2.05. The molecule has 2 nitrogen and oxygen atoms in total. The van der Waals surface area contributed by atoms with Gasteiger partial charge in [0.2, 0.25) is 5.91 Å². The molecule has 0 radical (unpaired) electrons. The van der Waals surface area contributed by atoms with Gasteiger partial charge < -0.3 is 4.90 Å². The average Bonchev–Trinajstić information content (AvgIpc) is 2.54. The average molecular weight is 295 g/mol. The van der Waals surface area contributed by atoms with Crippen LogP contribution in [0, 0.1) is 5.82 Å². The van der Waals surface area contributed by atoms with Gasteiger partial charge in [0.05, 0.1) is 0 Å². The monoisotopic (exact) mass is 295 g/mol. The van der Waals surface area contributed by atoms with Gasteiger partial charge >= 0.3 is 0 Å². The first kappa shape index (κ1) is 15.7. The first-order chi connectivity index (χ1) is 10.7. The zero-order valence-corrected chi connectivity index (χ0v) is 12.3. The summed E-state index contributed by atoms with van der Waals surface area (Å²) in [4.78, 5) is 14.0. The summed E-state index contributed by atoms with van der Waals surface area (Å²) in [7, 11) is 0. The van der Waals surface area contributed by atoms with Crippen LogP contribution in [0.15, 0.2) is 73.3 Å². The minimum Gasteiger partial charge on any atom is -0.331 e. The number of carbonyl (C=O) groups excluding carboxylic acids is 1. The standard InChI is InChI=1S/C19H18FNO/c1-2-14-21(15-17-6-4-3-5-7-17)19(22)13-10-16-8-11-18(20)12-9-16/h2-13H,1,14-15H2/b13-10-. The predicted molar refractivity (Wildman–Crippen MR) is 87.5 cm³/mol. The van der Waals surface area contributed by atoms with E-state index in [0.29, 0.717) is 13.1 Å². The van der Waals surface area contributed by atoms with Gasteiger partial charge in [-0.3, -0.25) is 4.79 Å². The minimum atomic E-state index is -0.291. The molecule has 2 rings (SSSR count). The molecule has 0 heterocycles. The van der Waals surface area contributed by atoms with E-state index in [0.717, 1.165) is 11.1 Å². The van der Waals surface area contributed by atoms with Crippen LogP contribution in [0.3, 0.4) is 0 Å². The van der Waals surface area contributed by atoms with Crippen molar-refractivity contribution in [3.63, 3.8) is 0 Å². The maximum Gasteiger partial charge on any atom is 0.247 e. The second-order valence-electron chi connectivity index (χ2n) is 4.88. The van der Waals surface area contributed by atoms with E-state index >= 15 is 0 Å². The van der Waals surface area contributed by atoms with Gasteiger partial charge in [-0.05, 0) is 29.3 Å². The van der Waals surface area contributed by atoms with E-state index in [1.807, 2.05) is 30.3 Å². The molecule has 0 aliphatic heterocycles.